The molecule has 1 atom stereocenters. The molecule has 0 aromatic rings. The van der Waals surface area contributed by atoms with E-state index in [-0.39, 0.29) is 13.0 Å². The smallest absolute Gasteiger partial charge is 0.337 e. The summed E-state index contributed by atoms with van der Waals surface area (Å²) in [6, 6.07) is 0. The molecule has 0 radical (unpaired) electrons. The first-order valence-electron chi connectivity index (χ1n) is 4.07. The van der Waals surface area contributed by atoms with E-state index >= 15 is 0 Å². The van der Waals surface area contributed by atoms with Crippen LogP contribution in [0, 0.1) is 0 Å². The van der Waals surface area contributed by atoms with Gasteiger partial charge in [-0.25, -0.2) is 0 Å². The molecule has 1 aliphatic heterocycles. The number of rotatable bonds is 1. The first-order valence-corrected chi connectivity index (χ1v) is 4.07. The summed E-state index contributed by atoms with van der Waals surface area (Å²) in [5.74, 6) is -0.512. The monoisotopic (exact) mass is 208 g/mol. The minimum atomic E-state index is -4.47. The maximum absolute atomic E-state index is 12.4. The maximum atomic E-state index is 12.4. The molecule has 14 heavy (non-hydrogen) atoms. The Labute approximate surface area is 79.4 Å². The molecule has 0 spiro atoms. The van der Waals surface area contributed by atoms with E-state index in [9.17, 15) is 18.0 Å². The number of hydrogen-bond donors (Lipinski definition) is 1. The van der Waals surface area contributed by atoms with Gasteiger partial charge in [-0.05, 0) is 12.5 Å². The number of halogens is 3. The van der Waals surface area contributed by atoms with Crippen molar-refractivity contribution in [3.05, 3.63) is 12.7 Å². The third-order valence-corrected chi connectivity index (χ3v) is 2.35. The molecule has 0 bridgehead atoms. The molecule has 1 fully saturated rings. The van der Waals surface area contributed by atoms with Crippen LogP contribution in [0.1, 0.15) is 6.42 Å². The summed E-state index contributed by atoms with van der Waals surface area (Å²) in [5.41, 5.74) is 2.91. The molecule has 0 aromatic carbocycles. The summed E-state index contributed by atoms with van der Waals surface area (Å²) in [4.78, 5) is 12.1. The van der Waals surface area contributed by atoms with Crippen LogP contribution in [0.2, 0.25) is 0 Å². The fraction of sp³-hybridized carbons (Fsp3) is 0.625. The molecule has 0 saturated carbocycles. The van der Waals surface area contributed by atoms with Crippen LogP contribution in [-0.2, 0) is 4.79 Å². The summed E-state index contributed by atoms with van der Waals surface area (Å²) >= 11 is 0. The lowest BCUT2D eigenvalue weighted by Gasteiger charge is -2.26. The largest absolute Gasteiger partial charge is 0.408 e. The second-order valence-electron chi connectivity index (χ2n) is 3.37. The number of hydrogen-bond acceptors (Lipinski definition) is 2. The van der Waals surface area contributed by atoms with Gasteiger partial charge in [-0.2, -0.15) is 13.2 Å². The molecule has 1 amide bonds. The molecule has 1 rings (SSSR count). The van der Waals surface area contributed by atoms with Gasteiger partial charge in [0.05, 0.1) is 0 Å². The molecule has 80 valence electrons. The molecule has 0 aromatic heterocycles. The molecule has 1 unspecified atom stereocenters. The van der Waals surface area contributed by atoms with Gasteiger partial charge in [-0.1, -0.05) is 6.58 Å². The van der Waals surface area contributed by atoms with Crippen molar-refractivity contribution in [1.29, 1.82) is 0 Å². The average molecular weight is 208 g/mol. The third-order valence-electron chi connectivity index (χ3n) is 2.35. The summed E-state index contributed by atoms with van der Waals surface area (Å²) in [7, 11) is 0. The van der Waals surface area contributed by atoms with Gasteiger partial charge in [-0.3, -0.25) is 4.79 Å². The Bertz CT molecular complexity index is 264. The van der Waals surface area contributed by atoms with E-state index in [0.29, 0.717) is 0 Å². The van der Waals surface area contributed by atoms with E-state index in [0.717, 1.165) is 11.0 Å². The maximum Gasteiger partial charge on any atom is 0.408 e. The van der Waals surface area contributed by atoms with Gasteiger partial charge in [0.1, 0.15) is 5.54 Å². The highest BCUT2D eigenvalue weighted by Crippen LogP contribution is 2.35. The summed E-state index contributed by atoms with van der Waals surface area (Å²) < 4.78 is 37.2. The van der Waals surface area contributed by atoms with Crippen LogP contribution in [0.25, 0.3) is 0 Å². The van der Waals surface area contributed by atoms with Crippen LogP contribution < -0.4 is 5.73 Å². The Morgan fingerprint density at radius 1 is 1.57 bits per heavy atom. The first kappa shape index (κ1) is 11.0. The van der Waals surface area contributed by atoms with Crippen LogP contribution in [0.5, 0.6) is 0 Å². The zero-order chi connectivity index (χ0) is 11.0. The standard InChI is InChI=1S/C8H11F3N2O/c1-2-6(14)13-4-3-7(12,5-13)8(9,10)11/h2H,1,3-5,12H2. The van der Waals surface area contributed by atoms with Gasteiger partial charge >= 0.3 is 6.18 Å². The second-order valence-corrected chi connectivity index (χ2v) is 3.37. The molecule has 1 aliphatic rings. The predicted octanol–water partition coefficient (Wildman–Crippen LogP) is 0.664. The fourth-order valence-electron chi connectivity index (χ4n) is 1.38. The topological polar surface area (TPSA) is 46.3 Å². The average Bonchev–Trinajstić information content (AvgIpc) is 2.47. The van der Waals surface area contributed by atoms with Crippen LogP contribution in [0.3, 0.4) is 0 Å². The van der Waals surface area contributed by atoms with Gasteiger partial charge in [0, 0.05) is 13.1 Å². The van der Waals surface area contributed by atoms with Crippen molar-refractivity contribution in [3.8, 4) is 0 Å². The number of nitrogens with two attached hydrogens (primary N) is 1. The molecule has 1 heterocycles. The minimum Gasteiger partial charge on any atom is -0.337 e. The van der Waals surface area contributed by atoms with Crippen molar-refractivity contribution >= 4 is 5.91 Å². The van der Waals surface area contributed by atoms with Crippen molar-refractivity contribution < 1.29 is 18.0 Å². The molecule has 0 aliphatic carbocycles. The Kier molecular flexibility index (Phi) is 2.58. The Hall–Kier alpha value is -1.04. The van der Waals surface area contributed by atoms with Gasteiger partial charge in [0.15, 0.2) is 0 Å². The number of amides is 1. The lowest BCUT2D eigenvalue weighted by Crippen LogP contribution is -2.55. The lowest BCUT2D eigenvalue weighted by atomic mass is 10.00. The summed E-state index contributed by atoms with van der Waals surface area (Å²) in [6.07, 6.45) is -3.73. The van der Waals surface area contributed by atoms with Crippen LogP contribution in [0.4, 0.5) is 13.2 Å². The summed E-state index contributed by atoms with van der Waals surface area (Å²) in [6.45, 7) is 2.75. The fourth-order valence-corrected chi connectivity index (χ4v) is 1.38. The van der Waals surface area contributed by atoms with E-state index in [1.54, 1.807) is 0 Å². The zero-order valence-electron chi connectivity index (χ0n) is 7.47. The molecule has 1 saturated heterocycles. The number of carbonyl (C=O) groups excluding carboxylic acids is 1. The molecular weight excluding hydrogens is 197 g/mol. The van der Waals surface area contributed by atoms with Crippen molar-refractivity contribution in [1.82, 2.24) is 4.90 Å². The highest BCUT2D eigenvalue weighted by Gasteiger charge is 2.55. The third kappa shape index (κ3) is 1.75. The molecule has 3 nitrogen and oxygen atoms in total. The highest BCUT2D eigenvalue weighted by molar-refractivity contribution is 5.87. The highest BCUT2D eigenvalue weighted by atomic mass is 19.4. The minimum absolute atomic E-state index is 0.0286. The van der Waals surface area contributed by atoms with E-state index in [4.69, 9.17) is 5.73 Å². The second kappa shape index (κ2) is 3.27. The van der Waals surface area contributed by atoms with E-state index in [1.807, 2.05) is 0 Å². The van der Waals surface area contributed by atoms with Crippen molar-refractivity contribution in [2.24, 2.45) is 5.73 Å². The SMILES string of the molecule is C=CC(=O)N1CCC(N)(C(F)(F)F)C1. The van der Waals surface area contributed by atoms with Gasteiger partial charge in [-0.15, -0.1) is 0 Å². The predicted molar refractivity (Wildman–Crippen MR) is 44.4 cm³/mol. The molecule has 2 N–H and O–H groups in total. The first-order chi connectivity index (χ1) is 6.30. The van der Waals surface area contributed by atoms with Crippen molar-refractivity contribution in [2.75, 3.05) is 13.1 Å². The Balaban J connectivity index is 2.74. The summed E-state index contributed by atoms with van der Waals surface area (Å²) in [5, 5.41) is 0. The van der Waals surface area contributed by atoms with Gasteiger partial charge in [0.25, 0.3) is 0 Å². The Morgan fingerprint density at radius 3 is 2.50 bits per heavy atom. The van der Waals surface area contributed by atoms with E-state index in [1.165, 1.54) is 0 Å². The van der Waals surface area contributed by atoms with Crippen molar-refractivity contribution in [2.45, 2.75) is 18.1 Å². The van der Waals surface area contributed by atoms with Crippen LogP contribution in [-0.4, -0.2) is 35.6 Å². The van der Waals surface area contributed by atoms with Crippen LogP contribution in [0.15, 0.2) is 12.7 Å². The number of nitrogens with zero attached hydrogens (tertiary/aromatic N) is 1. The van der Waals surface area contributed by atoms with Gasteiger partial charge < -0.3 is 10.6 Å². The molecular formula is C8H11F3N2O. The normalized spacial score (nSPS) is 27.9. The Morgan fingerprint density at radius 2 is 2.14 bits per heavy atom. The van der Waals surface area contributed by atoms with E-state index < -0.39 is 24.2 Å². The van der Waals surface area contributed by atoms with Crippen LogP contribution >= 0.6 is 0 Å². The quantitative estimate of drug-likeness (QED) is 0.643. The van der Waals surface area contributed by atoms with E-state index in [2.05, 4.69) is 6.58 Å². The van der Waals surface area contributed by atoms with Crippen molar-refractivity contribution in [3.63, 3.8) is 0 Å². The molecule has 6 heteroatoms. The zero-order valence-corrected chi connectivity index (χ0v) is 7.47. The number of alkyl halides is 3. The van der Waals surface area contributed by atoms with Gasteiger partial charge in [0.2, 0.25) is 5.91 Å². The number of carbonyl (C=O) groups is 1. The number of likely N-dealkylation sites (tertiary alicyclic amines) is 1. The lowest BCUT2D eigenvalue weighted by molar-refractivity contribution is -0.182.